The highest BCUT2D eigenvalue weighted by molar-refractivity contribution is 7.89. The zero-order valence-corrected chi connectivity index (χ0v) is 15.5. The van der Waals surface area contributed by atoms with Gasteiger partial charge in [-0.3, -0.25) is 0 Å². The smallest absolute Gasteiger partial charge is 0.372 e. The highest BCUT2D eigenvalue weighted by Gasteiger charge is 2.33. The zero-order valence-electron chi connectivity index (χ0n) is 14.0. The molecule has 0 saturated carbocycles. The van der Waals surface area contributed by atoms with Crippen molar-refractivity contribution in [1.29, 1.82) is 0 Å². The molecule has 9 heteroatoms. The number of benzene rings is 2. The van der Waals surface area contributed by atoms with Crippen molar-refractivity contribution in [3.05, 3.63) is 64.7 Å². The second kappa shape index (κ2) is 7.56. The van der Waals surface area contributed by atoms with E-state index in [9.17, 15) is 21.6 Å². The second-order valence-corrected chi connectivity index (χ2v) is 8.00. The molecule has 2 aromatic rings. The maximum absolute atomic E-state index is 12.8. The van der Waals surface area contributed by atoms with Crippen LogP contribution in [-0.4, -0.2) is 22.1 Å². The van der Waals surface area contributed by atoms with E-state index in [2.05, 4.69) is 4.72 Å². The fourth-order valence-corrected chi connectivity index (χ4v) is 3.63. The van der Waals surface area contributed by atoms with E-state index in [0.29, 0.717) is 16.7 Å². The van der Waals surface area contributed by atoms with Gasteiger partial charge in [0.05, 0.1) is 10.5 Å². The van der Waals surface area contributed by atoms with Gasteiger partial charge in [-0.1, -0.05) is 29.8 Å². The molecule has 0 aliphatic carbocycles. The molecule has 2 aromatic carbocycles. The topological polar surface area (TPSA) is 55.4 Å². The number of hydrogen-bond donors (Lipinski definition) is 1. The lowest BCUT2D eigenvalue weighted by molar-refractivity contribution is -0.137. The molecule has 1 unspecified atom stereocenters. The van der Waals surface area contributed by atoms with Crippen molar-refractivity contribution >= 4 is 21.6 Å². The van der Waals surface area contributed by atoms with Gasteiger partial charge in [-0.2, -0.15) is 13.2 Å². The molecule has 0 amide bonds. The Labute approximate surface area is 155 Å². The van der Waals surface area contributed by atoms with Crippen molar-refractivity contribution in [1.82, 2.24) is 4.72 Å². The molecule has 1 atom stereocenters. The Morgan fingerprint density at radius 2 is 1.69 bits per heavy atom. The van der Waals surface area contributed by atoms with E-state index in [-0.39, 0.29) is 6.54 Å². The number of nitrogens with one attached hydrogen (secondary N) is 1. The summed E-state index contributed by atoms with van der Waals surface area (Å²) in [5.74, 6) is 0. The fourth-order valence-electron chi connectivity index (χ4n) is 2.27. The van der Waals surface area contributed by atoms with Gasteiger partial charge < -0.3 is 4.74 Å². The van der Waals surface area contributed by atoms with Crippen LogP contribution in [0.3, 0.4) is 0 Å². The molecule has 0 saturated heterocycles. The molecular weight excluding hydrogens is 391 g/mol. The Morgan fingerprint density at radius 3 is 2.27 bits per heavy atom. The van der Waals surface area contributed by atoms with Crippen molar-refractivity contribution in [2.45, 2.75) is 23.6 Å². The molecule has 0 aliphatic heterocycles. The molecule has 4 nitrogen and oxygen atoms in total. The van der Waals surface area contributed by atoms with E-state index in [1.165, 1.54) is 7.11 Å². The first-order valence-electron chi connectivity index (χ1n) is 7.46. The second-order valence-electron chi connectivity index (χ2n) is 5.80. The number of alkyl halides is 3. The molecular formula is C17H17ClF3NO3S. The SMILES string of the molecule is COC(C)(CNS(=O)(=O)c1cccc(C(F)(F)F)c1)c1cccc(Cl)c1. The van der Waals surface area contributed by atoms with Gasteiger partial charge in [-0.05, 0) is 42.8 Å². The lowest BCUT2D eigenvalue weighted by atomic mass is 9.96. The number of ether oxygens (including phenoxy) is 1. The molecule has 26 heavy (non-hydrogen) atoms. The number of rotatable bonds is 6. The van der Waals surface area contributed by atoms with Crippen LogP contribution in [-0.2, 0) is 26.5 Å². The number of hydrogen-bond acceptors (Lipinski definition) is 3. The van der Waals surface area contributed by atoms with Crippen molar-refractivity contribution in [2.24, 2.45) is 0 Å². The Hall–Kier alpha value is -1.61. The minimum Gasteiger partial charge on any atom is -0.372 e. The van der Waals surface area contributed by atoms with Crippen molar-refractivity contribution < 1.29 is 26.3 Å². The summed E-state index contributed by atoms with van der Waals surface area (Å²) in [6, 6.07) is 10.2. The third kappa shape index (κ3) is 4.76. The average molecular weight is 408 g/mol. The van der Waals surface area contributed by atoms with E-state index in [4.69, 9.17) is 16.3 Å². The third-order valence-corrected chi connectivity index (χ3v) is 5.59. The largest absolute Gasteiger partial charge is 0.416 e. The van der Waals surface area contributed by atoms with Crippen LogP contribution in [0.25, 0.3) is 0 Å². The Bertz CT molecular complexity index is 887. The van der Waals surface area contributed by atoms with E-state index in [0.717, 1.165) is 18.2 Å². The molecule has 0 heterocycles. The zero-order chi connectivity index (χ0) is 19.6. The lowest BCUT2D eigenvalue weighted by Crippen LogP contribution is -2.40. The van der Waals surface area contributed by atoms with Crippen LogP contribution in [0.15, 0.2) is 53.4 Å². The van der Waals surface area contributed by atoms with E-state index in [1.807, 2.05) is 0 Å². The van der Waals surface area contributed by atoms with Gasteiger partial charge in [0.15, 0.2) is 0 Å². The average Bonchev–Trinajstić information content (AvgIpc) is 2.59. The molecule has 0 spiro atoms. The van der Waals surface area contributed by atoms with Crippen LogP contribution in [0.2, 0.25) is 5.02 Å². The number of methoxy groups -OCH3 is 1. The van der Waals surface area contributed by atoms with E-state index >= 15 is 0 Å². The van der Waals surface area contributed by atoms with E-state index < -0.39 is 32.3 Å². The van der Waals surface area contributed by atoms with Crippen LogP contribution in [0.4, 0.5) is 13.2 Å². The summed E-state index contributed by atoms with van der Waals surface area (Å²) in [6.07, 6.45) is -4.63. The van der Waals surface area contributed by atoms with Crippen LogP contribution >= 0.6 is 11.6 Å². The first-order valence-corrected chi connectivity index (χ1v) is 9.32. The van der Waals surface area contributed by atoms with Crippen molar-refractivity contribution in [3.8, 4) is 0 Å². The third-order valence-electron chi connectivity index (χ3n) is 3.96. The molecule has 2 rings (SSSR count). The summed E-state index contributed by atoms with van der Waals surface area (Å²) in [6.45, 7) is 1.45. The molecule has 0 aliphatic rings. The monoisotopic (exact) mass is 407 g/mol. The highest BCUT2D eigenvalue weighted by Crippen LogP contribution is 2.31. The van der Waals surface area contributed by atoms with Crippen LogP contribution in [0.5, 0.6) is 0 Å². The predicted molar refractivity (Wildman–Crippen MR) is 92.4 cm³/mol. The summed E-state index contributed by atoms with van der Waals surface area (Å²) >= 11 is 5.95. The summed E-state index contributed by atoms with van der Waals surface area (Å²) in [5.41, 5.74) is -1.47. The molecule has 142 valence electrons. The predicted octanol–water partition coefficient (Wildman–Crippen LogP) is 4.20. The summed E-state index contributed by atoms with van der Waals surface area (Å²) in [5, 5.41) is 0.450. The number of sulfonamides is 1. The minimum atomic E-state index is -4.63. The molecule has 0 aromatic heterocycles. The van der Waals surface area contributed by atoms with E-state index in [1.54, 1.807) is 31.2 Å². The Morgan fingerprint density at radius 1 is 1.08 bits per heavy atom. The minimum absolute atomic E-state index is 0.192. The standard InChI is InChI=1S/C17H17ClF3NO3S/c1-16(25-2,12-5-3-7-14(18)9-12)11-22-26(23,24)15-8-4-6-13(10-15)17(19,20)21/h3-10,22H,11H2,1-2H3. The first kappa shape index (κ1) is 20.7. The molecule has 0 fully saturated rings. The lowest BCUT2D eigenvalue weighted by Gasteiger charge is -2.29. The molecule has 0 radical (unpaired) electrons. The van der Waals surface area contributed by atoms with Gasteiger partial charge >= 0.3 is 6.18 Å². The van der Waals surface area contributed by atoms with Gasteiger partial charge in [-0.25, -0.2) is 13.1 Å². The number of halogens is 4. The van der Waals surface area contributed by atoms with Gasteiger partial charge in [0.25, 0.3) is 0 Å². The Kier molecular flexibility index (Phi) is 6.02. The molecule has 0 bridgehead atoms. The van der Waals surface area contributed by atoms with Gasteiger partial charge in [0, 0.05) is 18.7 Å². The maximum atomic E-state index is 12.8. The summed E-state index contributed by atoms with van der Waals surface area (Å²) in [7, 11) is -2.77. The van der Waals surface area contributed by atoms with Gasteiger partial charge in [0.1, 0.15) is 5.60 Å². The first-order chi connectivity index (χ1) is 12.0. The van der Waals surface area contributed by atoms with Gasteiger partial charge in [-0.15, -0.1) is 0 Å². The van der Waals surface area contributed by atoms with Crippen LogP contribution < -0.4 is 4.72 Å². The van der Waals surface area contributed by atoms with Gasteiger partial charge in [0.2, 0.25) is 10.0 Å². The molecule has 1 N–H and O–H groups in total. The van der Waals surface area contributed by atoms with Crippen LogP contribution in [0, 0.1) is 0 Å². The fraction of sp³-hybridized carbons (Fsp3) is 0.294. The van der Waals surface area contributed by atoms with Crippen molar-refractivity contribution in [2.75, 3.05) is 13.7 Å². The summed E-state index contributed by atoms with van der Waals surface area (Å²) in [4.78, 5) is -0.475. The quantitative estimate of drug-likeness (QED) is 0.780. The maximum Gasteiger partial charge on any atom is 0.416 e. The summed E-state index contributed by atoms with van der Waals surface area (Å²) < 4.78 is 70.9. The highest BCUT2D eigenvalue weighted by atomic mass is 35.5. The van der Waals surface area contributed by atoms with Crippen molar-refractivity contribution in [3.63, 3.8) is 0 Å². The Balaban J connectivity index is 2.26. The van der Waals surface area contributed by atoms with Crippen LogP contribution in [0.1, 0.15) is 18.1 Å². The normalized spacial score (nSPS) is 14.8.